The third kappa shape index (κ3) is 3.14. The van der Waals surface area contributed by atoms with Crippen LogP contribution in [0.5, 0.6) is 5.75 Å². The molecule has 1 aliphatic carbocycles. The van der Waals surface area contributed by atoms with Crippen molar-refractivity contribution in [3.63, 3.8) is 0 Å². The van der Waals surface area contributed by atoms with E-state index >= 15 is 0 Å². The molecule has 1 saturated carbocycles. The summed E-state index contributed by atoms with van der Waals surface area (Å²) in [4.78, 5) is 36.2. The predicted molar refractivity (Wildman–Crippen MR) is 81.9 cm³/mol. The van der Waals surface area contributed by atoms with E-state index in [1.165, 1.54) is 0 Å². The molecule has 5 heteroatoms. The minimum absolute atomic E-state index is 0.0530. The number of esters is 2. The van der Waals surface area contributed by atoms with E-state index in [9.17, 15) is 14.4 Å². The first kappa shape index (κ1) is 15.7. The summed E-state index contributed by atoms with van der Waals surface area (Å²) >= 11 is 0. The van der Waals surface area contributed by atoms with E-state index in [4.69, 9.17) is 9.47 Å². The van der Waals surface area contributed by atoms with Gasteiger partial charge in [-0.1, -0.05) is 18.2 Å². The highest BCUT2D eigenvalue weighted by Gasteiger charge is 2.45. The molecule has 1 aromatic rings. The monoisotopic (exact) mass is 316 g/mol. The SMILES string of the molecule is CCOC(=O)C[C@@H]1c2ccccc2OC(=O)[C@H]1[C@@H]1CCC(=O)C1. The summed E-state index contributed by atoms with van der Waals surface area (Å²) < 4.78 is 10.5. The molecule has 1 aromatic carbocycles. The summed E-state index contributed by atoms with van der Waals surface area (Å²) in [6.07, 6.45) is 1.71. The third-order valence-corrected chi connectivity index (χ3v) is 4.72. The molecular formula is C18H20O5. The summed E-state index contributed by atoms with van der Waals surface area (Å²) in [7, 11) is 0. The van der Waals surface area contributed by atoms with Crippen LogP contribution in [0.2, 0.25) is 0 Å². The van der Waals surface area contributed by atoms with E-state index in [1.54, 1.807) is 19.1 Å². The molecular weight excluding hydrogens is 296 g/mol. The number of para-hydroxylation sites is 1. The number of ether oxygens (including phenoxy) is 2. The first-order valence-corrected chi connectivity index (χ1v) is 8.08. The predicted octanol–water partition coefficient (Wildman–Crippen LogP) is 2.63. The Morgan fingerprint density at radius 3 is 2.78 bits per heavy atom. The fourth-order valence-corrected chi connectivity index (χ4v) is 3.72. The number of carbonyl (C=O) groups excluding carboxylic acids is 3. The van der Waals surface area contributed by atoms with Crippen LogP contribution in [-0.4, -0.2) is 24.3 Å². The molecule has 5 nitrogen and oxygen atoms in total. The second-order valence-corrected chi connectivity index (χ2v) is 6.14. The molecule has 0 saturated heterocycles. The molecule has 0 amide bonds. The molecule has 0 bridgehead atoms. The molecule has 23 heavy (non-hydrogen) atoms. The van der Waals surface area contributed by atoms with Gasteiger partial charge in [0, 0.05) is 18.8 Å². The Morgan fingerprint density at radius 2 is 2.09 bits per heavy atom. The van der Waals surface area contributed by atoms with Crippen LogP contribution in [0.3, 0.4) is 0 Å². The van der Waals surface area contributed by atoms with E-state index in [0.717, 1.165) is 5.56 Å². The van der Waals surface area contributed by atoms with E-state index in [2.05, 4.69) is 0 Å². The van der Waals surface area contributed by atoms with Crippen LogP contribution in [0.25, 0.3) is 0 Å². The van der Waals surface area contributed by atoms with Gasteiger partial charge in [-0.05, 0) is 30.9 Å². The van der Waals surface area contributed by atoms with E-state index < -0.39 is 5.92 Å². The zero-order chi connectivity index (χ0) is 16.4. The van der Waals surface area contributed by atoms with Gasteiger partial charge >= 0.3 is 11.9 Å². The normalized spacial score (nSPS) is 26.6. The average Bonchev–Trinajstić information content (AvgIpc) is 2.93. The Morgan fingerprint density at radius 1 is 1.30 bits per heavy atom. The lowest BCUT2D eigenvalue weighted by atomic mass is 9.74. The second kappa shape index (κ2) is 6.52. The maximum absolute atomic E-state index is 12.5. The molecule has 3 atom stereocenters. The van der Waals surface area contributed by atoms with E-state index in [1.807, 2.05) is 12.1 Å². The number of rotatable bonds is 4. The topological polar surface area (TPSA) is 69.7 Å². The summed E-state index contributed by atoms with van der Waals surface area (Å²) in [5, 5.41) is 0. The Hall–Kier alpha value is -2.17. The number of ketones is 1. The van der Waals surface area contributed by atoms with Gasteiger partial charge in [0.25, 0.3) is 0 Å². The molecule has 122 valence electrons. The molecule has 1 fully saturated rings. The molecule has 1 heterocycles. The van der Waals surface area contributed by atoms with Crippen molar-refractivity contribution in [1.82, 2.24) is 0 Å². The van der Waals surface area contributed by atoms with Crippen LogP contribution in [0, 0.1) is 11.8 Å². The van der Waals surface area contributed by atoms with Crippen LogP contribution < -0.4 is 4.74 Å². The molecule has 2 aliphatic rings. The van der Waals surface area contributed by atoms with Gasteiger partial charge in [-0.3, -0.25) is 14.4 Å². The Balaban J connectivity index is 1.93. The first-order valence-electron chi connectivity index (χ1n) is 8.08. The highest BCUT2D eigenvalue weighted by atomic mass is 16.5. The van der Waals surface area contributed by atoms with Crippen LogP contribution in [-0.2, 0) is 19.1 Å². The minimum Gasteiger partial charge on any atom is -0.466 e. The summed E-state index contributed by atoms with van der Waals surface area (Å²) in [6, 6.07) is 7.29. The van der Waals surface area contributed by atoms with Crippen molar-refractivity contribution in [2.45, 2.75) is 38.5 Å². The summed E-state index contributed by atoms with van der Waals surface area (Å²) in [5.74, 6) is -0.774. The fourth-order valence-electron chi connectivity index (χ4n) is 3.72. The number of Topliss-reactive ketones (excluding diaryl/α,β-unsaturated/α-hetero) is 1. The van der Waals surface area contributed by atoms with Crippen molar-refractivity contribution in [1.29, 1.82) is 0 Å². The van der Waals surface area contributed by atoms with E-state index in [0.29, 0.717) is 31.6 Å². The minimum atomic E-state index is -0.458. The summed E-state index contributed by atoms with van der Waals surface area (Å²) in [5.41, 5.74) is 0.851. The number of carbonyl (C=O) groups is 3. The van der Waals surface area contributed by atoms with Crippen molar-refractivity contribution in [3.05, 3.63) is 29.8 Å². The van der Waals surface area contributed by atoms with Gasteiger partial charge in [-0.15, -0.1) is 0 Å². The van der Waals surface area contributed by atoms with Crippen LogP contribution in [0.15, 0.2) is 24.3 Å². The molecule has 0 unspecified atom stereocenters. The Kier molecular flexibility index (Phi) is 4.46. The Bertz CT molecular complexity index is 636. The summed E-state index contributed by atoms with van der Waals surface area (Å²) in [6.45, 7) is 2.07. The van der Waals surface area contributed by atoms with Crippen LogP contribution in [0.1, 0.15) is 44.1 Å². The molecule has 1 aliphatic heterocycles. The standard InChI is InChI=1S/C18H20O5/c1-2-22-16(20)10-14-13-5-3-4-6-15(13)23-18(21)17(14)11-7-8-12(19)9-11/h3-6,11,14,17H,2,7-10H2,1H3/t11-,14-,17+/m1/s1. The van der Waals surface area contributed by atoms with Gasteiger partial charge in [-0.25, -0.2) is 0 Å². The van der Waals surface area contributed by atoms with Crippen molar-refractivity contribution < 1.29 is 23.9 Å². The average molecular weight is 316 g/mol. The first-order chi connectivity index (χ1) is 11.1. The molecule has 0 aromatic heterocycles. The van der Waals surface area contributed by atoms with Crippen molar-refractivity contribution in [2.75, 3.05) is 6.61 Å². The zero-order valence-electron chi connectivity index (χ0n) is 13.1. The maximum atomic E-state index is 12.5. The highest BCUT2D eigenvalue weighted by molar-refractivity contribution is 5.85. The number of hydrogen-bond donors (Lipinski definition) is 0. The van der Waals surface area contributed by atoms with Gasteiger partial charge < -0.3 is 9.47 Å². The van der Waals surface area contributed by atoms with Gasteiger partial charge in [0.05, 0.1) is 18.9 Å². The van der Waals surface area contributed by atoms with E-state index in [-0.39, 0.29) is 36.0 Å². The van der Waals surface area contributed by atoms with Crippen molar-refractivity contribution in [2.24, 2.45) is 11.8 Å². The number of fused-ring (bicyclic) bond motifs is 1. The van der Waals surface area contributed by atoms with Gasteiger partial charge in [-0.2, -0.15) is 0 Å². The smallest absolute Gasteiger partial charge is 0.315 e. The Labute approximate surface area is 135 Å². The van der Waals surface area contributed by atoms with Crippen LogP contribution in [0.4, 0.5) is 0 Å². The molecule has 3 rings (SSSR count). The largest absolute Gasteiger partial charge is 0.466 e. The lowest BCUT2D eigenvalue weighted by Crippen LogP contribution is -2.37. The van der Waals surface area contributed by atoms with Gasteiger partial charge in [0.1, 0.15) is 11.5 Å². The fraction of sp³-hybridized carbons (Fsp3) is 0.500. The van der Waals surface area contributed by atoms with Crippen molar-refractivity contribution in [3.8, 4) is 5.75 Å². The molecule has 0 spiro atoms. The quantitative estimate of drug-likeness (QED) is 0.631. The maximum Gasteiger partial charge on any atom is 0.315 e. The van der Waals surface area contributed by atoms with Crippen LogP contribution >= 0.6 is 0 Å². The van der Waals surface area contributed by atoms with Crippen molar-refractivity contribution >= 4 is 17.7 Å². The number of hydrogen-bond acceptors (Lipinski definition) is 5. The van der Waals surface area contributed by atoms with Gasteiger partial charge in [0.2, 0.25) is 0 Å². The molecule has 0 radical (unpaired) electrons. The zero-order valence-corrected chi connectivity index (χ0v) is 13.1. The third-order valence-electron chi connectivity index (χ3n) is 4.72. The number of benzene rings is 1. The second-order valence-electron chi connectivity index (χ2n) is 6.14. The highest BCUT2D eigenvalue weighted by Crippen LogP contribution is 2.46. The van der Waals surface area contributed by atoms with Gasteiger partial charge in [0.15, 0.2) is 0 Å². The molecule has 0 N–H and O–H groups in total. The lowest BCUT2D eigenvalue weighted by Gasteiger charge is -2.34. The lowest BCUT2D eigenvalue weighted by molar-refractivity contribution is -0.147.